The Balaban J connectivity index is 2.60. The van der Waals surface area contributed by atoms with Crippen LogP contribution in [-0.4, -0.2) is 9.97 Å². The summed E-state index contributed by atoms with van der Waals surface area (Å²) >= 11 is 0. The van der Waals surface area contributed by atoms with Crippen LogP contribution in [0.25, 0.3) is 11.4 Å². The first-order chi connectivity index (χ1) is 8.52. The zero-order chi connectivity index (χ0) is 13.3. The van der Waals surface area contributed by atoms with Gasteiger partial charge in [0.25, 0.3) is 5.56 Å². The summed E-state index contributed by atoms with van der Waals surface area (Å²) in [6.07, 6.45) is 0.697. The molecule has 0 atom stereocenters. The third-order valence-corrected chi connectivity index (χ3v) is 3.02. The van der Waals surface area contributed by atoms with E-state index in [0.29, 0.717) is 23.4 Å². The average molecular weight is 246 g/mol. The molecule has 0 saturated carbocycles. The van der Waals surface area contributed by atoms with E-state index >= 15 is 0 Å². The van der Waals surface area contributed by atoms with Crippen LogP contribution in [0.4, 0.5) is 4.39 Å². The van der Waals surface area contributed by atoms with E-state index < -0.39 is 0 Å². The summed E-state index contributed by atoms with van der Waals surface area (Å²) in [7, 11) is 0. The topological polar surface area (TPSA) is 45.8 Å². The molecule has 0 saturated heterocycles. The van der Waals surface area contributed by atoms with E-state index in [2.05, 4.69) is 9.97 Å². The fourth-order valence-corrected chi connectivity index (χ4v) is 1.85. The highest BCUT2D eigenvalue weighted by Crippen LogP contribution is 2.18. The van der Waals surface area contributed by atoms with E-state index in [1.54, 1.807) is 26.0 Å². The fraction of sp³-hybridized carbons (Fsp3) is 0.286. The molecule has 0 bridgehead atoms. The monoisotopic (exact) mass is 246 g/mol. The highest BCUT2D eigenvalue weighted by Gasteiger charge is 2.08. The Bertz CT molecular complexity index is 647. The van der Waals surface area contributed by atoms with Crippen molar-refractivity contribution in [1.82, 2.24) is 9.97 Å². The Morgan fingerprint density at radius 1 is 1.33 bits per heavy atom. The second kappa shape index (κ2) is 4.72. The maximum absolute atomic E-state index is 13.2. The predicted molar refractivity (Wildman–Crippen MR) is 69.1 cm³/mol. The molecule has 1 aromatic heterocycles. The Morgan fingerprint density at radius 3 is 2.67 bits per heavy atom. The van der Waals surface area contributed by atoms with Gasteiger partial charge in [0.05, 0.1) is 5.69 Å². The van der Waals surface area contributed by atoms with Crippen molar-refractivity contribution >= 4 is 0 Å². The molecular formula is C14H15FN2O. The quantitative estimate of drug-likeness (QED) is 0.885. The van der Waals surface area contributed by atoms with Gasteiger partial charge < -0.3 is 4.98 Å². The number of nitrogens with zero attached hydrogens (tertiary/aromatic N) is 1. The Labute approximate surface area is 105 Å². The number of rotatable bonds is 2. The predicted octanol–water partition coefficient (Wildman–Crippen LogP) is 2.76. The van der Waals surface area contributed by atoms with Crippen LogP contribution in [0.5, 0.6) is 0 Å². The summed E-state index contributed by atoms with van der Waals surface area (Å²) in [6, 6.07) is 4.69. The van der Waals surface area contributed by atoms with Crippen LogP contribution in [0.1, 0.15) is 23.7 Å². The second-order valence-corrected chi connectivity index (χ2v) is 4.30. The van der Waals surface area contributed by atoms with E-state index in [1.807, 2.05) is 6.92 Å². The van der Waals surface area contributed by atoms with Crippen LogP contribution in [0.2, 0.25) is 0 Å². The van der Waals surface area contributed by atoms with Crippen molar-refractivity contribution in [1.29, 1.82) is 0 Å². The molecule has 1 aromatic carbocycles. The molecule has 18 heavy (non-hydrogen) atoms. The highest BCUT2D eigenvalue weighted by molar-refractivity contribution is 5.56. The highest BCUT2D eigenvalue weighted by atomic mass is 19.1. The van der Waals surface area contributed by atoms with E-state index in [1.165, 1.54) is 6.07 Å². The van der Waals surface area contributed by atoms with Gasteiger partial charge in [0.1, 0.15) is 11.6 Å². The minimum Gasteiger partial charge on any atom is -0.306 e. The summed E-state index contributed by atoms with van der Waals surface area (Å²) in [5, 5.41) is 0. The molecule has 0 amide bonds. The van der Waals surface area contributed by atoms with Crippen LogP contribution >= 0.6 is 0 Å². The maximum Gasteiger partial charge on any atom is 0.254 e. The minimum absolute atomic E-state index is 0.140. The van der Waals surface area contributed by atoms with Gasteiger partial charge in [-0.1, -0.05) is 6.92 Å². The molecule has 1 N–H and O–H groups in total. The molecule has 0 unspecified atom stereocenters. The van der Waals surface area contributed by atoms with Crippen LogP contribution < -0.4 is 5.56 Å². The Kier molecular flexibility index (Phi) is 3.28. The van der Waals surface area contributed by atoms with Crippen molar-refractivity contribution < 1.29 is 4.39 Å². The van der Waals surface area contributed by atoms with Gasteiger partial charge in [-0.15, -0.1) is 0 Å². The maximum atomic E-state index is 13.2. The average Bonchev–Trinajstić information content (AvgIpc) is 2.36. The van der Waals surface area contributed by atoms with Crippen LogP contribution in [0, 0.1) is 19.7 Å². The number of aromatic amines is 1. The zero-order valence-corrected chi connectivity index (χ0v) is 10.7. The van der Waals surface area contributed by atoms with Crippen molar-refractivity contribution in [2.24, 2.45) is 0 Å². The van der Waals surface area contributed by atoms with Gasteiger partial charge in [0.15, 0.2) is 0 Å². The van der Waals surface area contributed by atoms with E-state index in [-0.39, 0.29) is 11.4 Å². The lowest BCUT2D eigenvalue weighted by Crippen LogP contribution is -2.15. The zero-order valence-electron chi connectivity index (χ0n) is 10.7. The molecule has 0 fully saturated rings. The SMILES string of the molecule is CCc1nc(-c2ccc(F)c(C)c2)[nH]c(=O)c1C. The summed E-state index contributed by atoms with van der Waals surface area (Å²) in [6.45, 7) is 5.39. The number of benzene rings is 1. The third kappa shape index (κ3) is 2.18. The summed E-state index contributed by atoms with van der Waals surface area (Å²) in [4.78, 5) is 18.9. The first-order valence-corrected chi connectivity index (χ1v) is 5.89. The van der Waals surface area contributed by atoms with Gasteiger partial charge in [0, 0.05) is 11.1 Å². The van der Waals surface area contributed by atoms with Crippen molar-refractivity contribution in [2.75, 3.05) is 0 Å². The molecule has 94 valence electrons. The number of hydrogen-bond acceptors (Lipinski definition) is 2. The van der Waals surface area contributed by atoms with E-state index in [0.717, 1.165) is 11.3 Å². The van der Waals surface area contributed by atoms with Gasteiger partial charge in [-0.05, 0) is 44.0 Å². The molecule has 2 aromatic rings. The normalized spacial score (nSPS) is 10.7. The first-order valence-electron chi connectivity index (χ1n) is 5.89. The molecule has 0 spiro atoms. The van der Waals surface area contributed by atoms with Gasteiger partial charge in [-0.2, -0.15) is 0 Å². The third-order valence-electron chi connectivity index (χ3n) is 3.02. The number of aryl methyl sites for hydroxylation is 2. The largest absolute Gasteiger partial charge is 0.306 e. The molecule has 0 aliphatic heterocycles. The lowest BCUT2D eigenvalue weighted by molar-refractivity contribution is 0.618. The van der Waals surface area contributed by atoms with Gasteiger partial charge in [-0.3, -0.25) is 4.79 Å². The van der Waals surface area contributed by atoms with Crippen LogP contribution in [0.15, 0.2) is 23.0 Å². The molecule has 3 nitrogen and oxygen atoms in total. The standard InChI is InChI=1S/C14H15FN2O/c1-4-12-9(3)14(18)17-13(16-12)10-5-6-11(15)8(2)7-10/h5-7H,4H2,1-3H3,(H,16,17,18). The summed E-state index contributed by atoms with van der Waals surface area (Å²) < 4.78 is 13.2. The smallest absolute Gasteiger partial charge is 0.254 e. The molecule has 4 heteroatoms. The Hall–Kier alpha value is -1.97. The molecule has 0 radical (unpaired) electrons. The molecule has 1 heterocycles. The number of nitrogens with one attached hydrogen (secondary N) is 1. The van der Waals surface area contributed by atoms with Gasteiger partial charge in [-0.25, -0.2) is 9.37 Å². The minimum atomic E-state index is -0.260. The van der Waals surface area contributed by atoms with E-state index in [9.17, 15) is 9.18 Å². The number of aromatic nitrogens is 2. The molecule has 0 aliphatic carbocycles. The van der Waals surface area contributed by atoms with Crippen LogP contribution in [0.3, 0.4) is 0 Å². The summed E-state index contributed by atoms with van der Waals surface area (Å²) in [5.74, 6) is 0.231. The molecule has 0 aliphatic rings. The van der Waals surface area contributed by atoms with Gasteiger partial charge in [0.2, 0.25) is 0 Å². The number of H-pyrrole nitrogens is 1. The van der Waals surface area contributed by atoms with Crippen molar-refractivity contribution in [3.63, 3.8) is 0 Å². The van der Waals surface area contributed by atoms with Crippen molar-refractivity contribution in [3.8, 4) is 11.4 Å². The summed E-state index contributed by atoms with van der Waals surface area (Å²) in [5.41, 5.74) is 2.53. The Morgan fingerprint density at radius 2 is 2.06 bits per heavy atom. The lowest BCUT2D eigenvalue weighted by atomic mass is 10.1. The number of hydrogen-bond donors (Lipinski definition) is 1. The fourth-order valence-electron chi connectivity index (χ4n) is 1.85. The van der Waals surface area contributed by atoms with E-state index in [4.69, 9.17) is 0 Å². The molecular weight excluding hydrogens is 231 g/mol. The van der Waals surface area contributed by atoms with Crippen LogP contribution in [-0.2, 0) is 6.42 Å². The lowest BCUT2D eigenvalue weighted by Gasteiger charge is -2.07. The first kappa shape index (κ1) is 12.5. The second-order valence-electron chi connectivity index (χ2n) is 4.30. The number of halogens is 1. The van der Waals surface area contributed by atoms with Gasteiger partial charge >= 0.3 is 0 Å². The molecule has 2 rings (SSSR count). The van der Waals surface area contributed by atoms with Crippen molar-refractivity contribution in [2.45, 2.75) is 27.2 Å². The van der Waals surface area contributed by atoms with Crippen molar-refractivity contribution in [3.05, 3.63) is 51.2 Å².